The van der Waals surface area contributed by atoms with Crippen LogP contribution >= 0.6 is 11.6 Å². The Hall–Kier alpha value is 0.210. The summed E-state index contributed by atoms with van der Waals surface area (Å²) in [6, 6.07) is 0. The highest BCUT2D eigenvalue weighted by Crippen LogP contribution is 1.74. The van der Waals surface area contributed by atoms with Crippen LogP contribution in [0.25, 0.3) is 0 Å². The van der Waals surface area contributed by atoms with Crippen molar-refractivity contribution in [3.05, 3.63) is 0 Å². The van der Waals surface area contributed by atoms with Gasteiger partial charge in [-0.15, -0.1) is 11.6 Å². The van der Waals surface area contributed by atoms with Crippen LogP contribution in [0.4, 0.5) is 0 Å². The Morgan fingerprint density at radius 3 is 2.57 bits per heavy atom. The van der Waals surface area contributed by atoms with E-state index in [-0.39, 0.29) is 0 Å². The monoisotopic (exact) mass is 124 g/mol. The first-order chi connectivity index (χ1) is 3.41. The number of ether oxygens (including phenoxy) is 1. The molecule has 0 atom stereocenters. The molecule has 0 saturated carbocycles. The van der Waals surface area contributed by atoms with E-state index >= 15 is 0 Å². The summed E-state index contributed by atoms with van der Waals surface area (Å²) < 4.78 is 4.94. The molecule has 3 N–H and O–H groups in total. The van der Waals surface area contributed by atoms with Crippen molar-refractivity contribution < 1.29 is 10.5 Å². The lowest BCUT2D eigenvalue weighted by Gasteiger charge is -1.92. The average Bonchev–Trinajstić information content (AvgIpc) is 1.69. The minimum Gasteiger partial charge on any atom is -0.374 e. The van der Waals surface area contributed by atoms with E-state index in [1.54, 1.807) is 0 Å². The van der Waals surface area contributed by atoms with Crippen molar-refractivity contribution in [2.75, 3.05) is 25.6 Å². The van der Waals surface area contributed by atoms with Gasteiger partial charge in [0.1, 0.15) is 0 Å². The SMILES string of the molecule is [NH3+]CCOCCCl. The zero-order chi connectivity index (χ0) is 5.54. The van der Waals surface area contributed by atoms with Gasteiger partial charge in [0.15, 0.2) is 0 Å². The lowest BCUT2D eigenvalue weighted by atomic mass is 10.7. The van der Waals surface area contributed by atoms with Crippen LogP contribution in [-0.2, 0) is 4.74 Å². The summed E-state index contributed by atoms with van der Waals surface area (Å²) >= 11 is 5.29. The predicted octanol–water partition coefficient (Wildman–Crippen LogP) is -0.516. The maximum atomic E-state index is 5.29. The van der Waals surface area contributed by atoms with E-state index in [9.17, 15) is 0 Å². The van der Waals surface area contributed by atoms with Gasteiger partial charge < -0.3 is 10.5 Å². The molecule has 0 radical (unpaired) electrons. The molecule has 0 fully saturated rings. The lowest BCUT2D eigenvalue weighted by Crippen LogP contribution is -2.52. The van der Waals surface area contributed by atoms with E-state index in [2.05, 4.69) is 5.73 Å². The Morgan fingerprint density at radius 2 is 2.14 bits per heavy atom. The highest BCUT2D eigenvalue weighted by atomic mass is 35.5. The van der Waals surface area contributed by atoms with Gasteiger partial charge in [-0.25, -0.2) is 0 Å². The maximum Gasteiger partial charge on any atom is 0.0977 e. The molecular formula is C4H11ClNO+. The van der Waals surface area contributed by atoms with Crippen molar-refractivity contribution in [2.24, 2.45) is 0 Å². The fraction of sp³-hybridized carbons (Fsp3) is 1.00. The van der Waals surface area contributed by atoms with Crippen LogP contribution in [0, 0.1) is 0 Å². The van der Waals surface area contributed by atoms with E-state index in [1.165, 1.54) is 0 Å². The van der Waals surface area contributed by atoms with Gasteiger partial charge in [-0.2, -0.15) is 0 Å². The summed E-state index contributed by atoms with van der Waals surface area (Å²) in [5, 5.41) is 0. The van der Waals surface area contributed by atoms with E-state index in [0.29, 0.717) is 12.5 Å². The van der Waals surface area contributed by atoms with Crippen LogP contribution in [0.3, 0.4) is 0 Å². The second-order valence-corrected chi connectivity index (χ2v) is 1.53. The van der Waals surface area contributed by atoms with Gasteiger partial charge in [-0.3, -0.25) is 0 Å². The summed E-state index contributed by atoms with van der Waals surface area (Å²) in [7, 11) is 0. The first-order valence-electron chi connectivity index (χ1n) is 2.34. The lowest BCUT2D eigenvalue weighted by molar-refractivity contribution is -0.374. The predicted molar refractivity (Wildman–Crippen MR) is 29.3 cm³/mol. The van der Waals surface area contributed by atoms with Crippen molar-refractivity contribution >= 4 is 11.6 Å². The highest BCUT2D eigenvalue weighted by Gasteiger charge is 1.81. The number of quaternary nitrogens is 1. The molecule has 0 aromatic rings. The zero-order valence-electron chi connectivity index (χ0n) is 4.32. The van der Waals surface area contributed by atoms with Gasteiger partial charge in [0.2, 0.25) is 0 Å². The number of alkyl halides is 1. The van der Waals surface area contributed by atoms with E-state index in [1.807, 2.05) is 0 Å². The van der Waals surface area contributed by atoms with Gasteiger partial charge >= 0.3 is 0 Å². The smallest absolute Gasteiger partial charge is 0.0977 e. The van der Waals surface area contributed by atoms with Crippen LogP contribution in [-0.4, -0.2) is 25.6 Å². The standard InChI is InChI=1S/C4H10ClNO/c5-1-3-7-4-2-6/h1-4,6H2/p+1. The van der Waals surface area contributed by atoms with Crippen molar-refractivity contribution in [1.82, 2.24) is 0 Å². The Bertz CT molecular complexity index is 30.9. The molecule has 0 aromatic carbocycles. The van der Waals surface area contributed by atoms with Crippen LogP contribution in [0.15, 0.2) is 0 Å². The Kier molecular flexibility index (Phi) is 6.40. The second kappa shape index (κ2) is 6.21. The zero-order valence-corrected chi connectivity index (χ0v) is 5.08. The molecular weight excluding hydrogens is 114 g/mol. The van der Waals surface area contributed by atoms with Gasteiger partial charge in [0.25, 0.3) is 0 Å². The molecule has 0 spiro atoms. The summed E-state index contributed by atoms with van der Waals surface area (Å²) in [6.07, 6.45) is 0. The molecule has 0 aliphatic rings. The topological polar surface area (TPSA) is 36.9 Å². The third-order valence-corrected chi connectivity index (χ3v) is 0.664. The average molecular weight is 125 g/mol. The molecule has 0 amide bonds. The van der Waals surface area contributed by atoms with Gasteiger partial charge in [0.05, 0.1) is 19.8 Å². The number of halogens is 1. The number of hydrogen-bond donors (Lipinski definition) is 1. The maximum absolute atomic E-state index is 5.29. The first-order valence-corrected chi connectivity index (χ1v) is 2.88. The highest BCUT2D eigenvalue weighted by molar-refractivity contribution is 6.17. The minimum absolute atomic E-state index is 0.583. The van der Waals surface area contributed by atoms with Gasteiger partial charge in [-0.05, 0) is 0 Å². The van der Waals surface area contributed by atoms with Crippen molar-refractivity contribution in [2.45, 2.75) is 0 Å². The second-order valence-electron chi connectivity index (χ2n) is 1.15. The molecule has 0 unspecified atom stereocenters. The summed E-state index contributed by atoms with van der Waals surface area (Å²) in [5.74, 6) is 0.583. The van der Waals surface area contributed by atoms with Gasteiger partial charge in [-0.1, -0.05) is 0 Å². The fourth-order valence-electron chi connectivity index (χ4n) is 0.259. The molecule has 44 valence electrons. The summed E-state index contributed by atoms with van der Waals surface area (Å²) in [5.41, 5.74) is 3.59. The molecule has 0 aliphatic carbocycles. The molecule has 2 nitrogen and oxygen atoms in total. The molecule has 0 aliphatic heterocycles. The molecule has 0 heterocycles. The summed E-state index contributed by atoms with van der Waals surface area (Å²) in [6.45, 7) is 2.21. The van der Waals surface area contributed by atoms with Crippen LogP contribution in [0.5, 0.6) is 0 Å². The van der Waals surface area contributed by atoms with Gasteiger partial charge in [0, 0.05) is 5.88 Å². The quantitative estimate of drug-likeness (QED) is 0.398. The van der Waals surface area contributed by atoms with E-state index < -0.39 is 0 Å². The Morgan fingerprint density at radius 1 is 1.43 bits per heavy atom. The molecule has 0 bridgehead atoms. The molecule has 0 aromatic heterocycles. The van der Waals surface area contributed by atoms with Crippen molar-refractivity contribution in [1.29, 1.82) is 0 Å². The largest absolute Gasteiger partial charge is 0.374 e. The van der Waals surface area contributed by atoms with E-state index in [4.69, 9.17) is 16.3 Å². The Labute approximate surface area is 48.6 Å². The van der Waals surface area contributed by atoms with E-state index in [0.717, 1.165) is 13.2 Å². The fourth-order valence-corrected chi connectivity index (χ4v) is 0.368. The summed E-state index contributed by atoms with van der Waals surface area (Å²) in [4.78, 5) is 0. The minimum atomic E-state index is 0.583. The molecule has 0 rings (SSSR count). The number of hydrogen-bond acceptors (Lipinski definition) is 1. The van der Waals surface area contributed by atoms with Crippen LogP contribution < -0.4 is 5.73 Å². The normalized spacial score (nSPS) is 9.43. The number of rotatable bonds is 4. The molecule has 3 heteroatoms. The molecule has 0 saturated heterocycles. The third kappa shape index (κ3) is 6.21. The van der Waals surface area contributed by atoms with Crippen LogP contribution in [0.2, 0.25) is 0 Å². The third-order valence-electron chi connectivity index (χ3n) is 0.510. The van der Waals surface area contributed by atoms with Crippen molar-refractivity contribution in [3.8, 4) is 0 Å². The first kappa shape index (κ1) is 7.21. The van der Waals surface area contributed by atoms with Crippen molar-refractivity contribution in [3.63, 3.8) is 0 Å². The Balaban J connectivity index is 2.45. The van der Waals surface area contributed by atoms with Crippen LogP contribution in [0.1, 0.15) is 0 Å². The molecule has 7 heavy (non-hydrogen) atoms.